The van der Waals surface area contributed by atoms with Crippen LogP contribution in [0.4, 0.5) is 5.69 Å². The lowest BCUT2D eigenvalue weighted by Gasteiger charge is -2.09. The molecule has 1 amide bonds. The van der Waals surface area contributed by atoms with Crippen LogP contribution in [0.5, 0.6) is 5.75 Å². The minimum atomic E-state index is -0.656. The Labute approximate surface area is 187 Å². The fourth-order valence-corrected chi connectivity index (χ4v) is 3.20. The highest BCUT2D eigenvalue weighted by Gasteiger charge is 2.16. The summed E-state index contributed by atoms with van der Waals surface area (Å²) in [5.41, 5.74) is 1.11. The summed E-state index contributed by atoms with van der Waals surface area (Å²) in [7, 11) is 3.99. The predicted molar refractivity (Wildman–Crippen MR) is 115 cm³/mol. The van der Waals surface area contributed by atoms with Crippen LogP contribution >= 0.6 is 11.8 Å². The van der Waals surface area contributed by atoms with Crippen molar-refractivity contribution in [2.75, 3.05) is 32.4 Å². The first-order chi connectivity index (χ1) is 15.4. The highest BCUT2D eigenvalue weighted by Crippen LogP contribution is 2.26. The highest BCUT2D eigenvalue weighted by molar-refractivity contribution is 7.99. The van der Waals surface area contributed by atoms with Crippen molar-refractivity contribution in [3.8, 4) is 17.2 Å². The van der Waals surface area contributed by atoms with Crippen molar-refractivity contribution in [2.24, 2.45) is 0 Å². The van der Waals surface area contributed by atoms with E-state index >= 15 is 0 Å². The molecule has 0 saturated carbocycles. The van der Waals surface area contributed by atoms with Crippen LogP contribution in [-0.2, 0) is 14.3 Å². The molecular weight excluding hydrogens is 438 g/mol. The number of rotatable bonds is 8. The number of hydrogen-bond acceptors (Lipinski definition) is 10. The number of carbonyl (C=O) groups excluding carboxylic acids is 3. The Morgan fingerprint density at radius 1 is 0.969 bits per heavy atom. The number of nitrogens with one attached hydrogen (secondary N) is 1. The summed E-state index contributed by atoms with van der Waals surface area (Å²) in [6.07, 6.45) is 0. The molecule has 0 bridgehead atoms. The van der Waals surface area contributed by atoms with Gasteiger partial charge in [-0.15, -0.1) is 10.2 Å². The molecule has 0 atom stereocenters. The Balaban J connectivity index is 1.67. The lowest BCUT2D eigenvalue weighted by Crippen LogP contribution is -2.16. The highest BCUT2D eigenvalue weighted by atomic mass is 32.2. The molecule has 166 valence electrons. The van der Waals surface area contributed by atoms with Crippen molar-refractivity contribution in [3.05, 3.63) is 53.6 Å². The Hall–Kier alpha value is -3.86. The normalized spacial score (nSPS) is 10.3. The Bertz CT molecular complexity index is 1110. The van der Waals surface area contributed by atoms with E-state index in [0.29, 0.717) is 17.2 Å². The van der Waals surface area contributed by atoms with Crippen LogP contribution in [0.2, 0.25) is 0 Å². The average molecular weight is 457 g/mol. The average Bonchev–Trinajstić information content (AvgIpc) is 3.30. The maximum atomic E-state index is 12.4. The van der Waals surface area contributed by atoms with Crippen LogP contribution in [-0.4, -0.2) is 55.1 Å². The van der Waals surface area contributed by atoms with E-state index in [4.69, 9.17) is 9.15 Å². The third-order valence-corrected chi connectivity index (χ3v) is 4.93. The Morgan fingerprint density at radius 3 is 2.28 bits per heavy atom. The van der Waals surface area contributed by atoms with Gasteiger partial charge in [-0.3, -0.25) is 4.79 Å². The van der Waals surface area contributed by atoms with E-state index in [2.05, 4.69) is 25.0 Å². The first-order valence-corrected chi connectivity index (χ1v) is 10.1. The fraction of sp³-hybridized carbons (Fsp3) is 0.190. The Morgan fingerprint density at radius 2 is 1.66 bits per heavy atom. The standard InChI is InChI=1S/C21H19N3O7S/c1-28-16-6-4-5-12(10-16)18-23-24-21(31-18)32-11-17(25)22-15-8-13(19(26)29-2)7-14(9-15)20(27)30-3/h4-10H,11H2,1-3H3,(H,22,25). The van der Waals surface area contributed by atoms with Crippen LogP contribution in [0, 0.1) is 0 Å². The zero-order chi connectivity index (χ0) is 23.1. The quantitative estimate of drug-likeness (QED) is 0.398. The van der Waals surface area contributed by atoms with Gasteiger partial charge < -0.3 is 23.9 Å². The molecule has 0 aliphatic rings. The first-order valence-electron chi connectivity index (χ1n) is 9.15. The number of benzene rings is 2. The summed E-state index contributed by atoms with van der Waals surface area (Å²) in [6.45, 7) is 0. The van der Waals surface area contributed by atoms with Gasteiger partial charge in [0.1, 0.15) is 5.75 Å². The van der Waals surface area contributed by atoms with Gasteiger partial charge in [0.15, 0.2) is 0 Å². The summed E-state index contributed by atoms with van der Waals surface area (Å²) < 4.78 is 20.1. The lowest BCUT2D eigenvalue weighted by atomic mass is 10.1. The number of methoxy groups -OCH3 is 3. The molecule has 11 heteroatoms. The molecule has 0 aliphatic carbocycles. The van der Waals surface area contributed by atoms with Crippen LogP contribution in [0.1, 0.15) is 20.7 Å². The van der Waals surface area contributed by atoms with Crippen LogP contribution in [0.15, 0.2) is 52.1 Å². The summed E-state index contributed by atoms with van der Waals surface area (Å²) in [5, 5.41) is 10.7. The molecule has 0 aliphatic heterocycles. The monoisotopic (exact) mass is 457 g/mol. The molecule has 32 heavy (non-hydrogen) atoms. The summed E-state index contributed by atoms with van der Waals surface area (Å²) in [4.78, 5) is 36.1. The van der Waals surface area contributed by atoms with Crippen molar-refractivity contribution in [2.45, 2.75) is 5.22 Å². The van der Waals surface area contributed by atoms with Crippen LogP contribution in [0.25, 0.3) is 11.5 Å². The zero-order valence-electron chi connectivity index (χ0n) is 17.4. The van der Waals surface area contributed by atoms with Gasteiger partial charge in [0.05, 0.1) is 38.2 Å². The van der Waals surface area contributed by atoms with Gasteiger partial charge in [-0.1, -0.05) is 17.8 Å². The molecule has 0 saturated heterocycles. The van der Waals surface area contributed by atoms with Gasteiger partial charge in [-0.25, -0.2) is 9.59 Å². The molecule has 1 heterocycles. The van der Waals surface area contributed by atoms with Crippen molar-refractivity contribution in [1.82, 2.24) is 10.2 Å². The molecular formula is C21H19N3O7S. The second-order valence-electron chi connectivity index (χ2n) is 6.22. The van der Waals surface area contributed by atoms with Crippen molar-refractivity contribution in [1.29, 1.82) is 0 Å². The molecule has 1 aromatic heterocycles. The third-order valence-electron chi connectivity index (χ3n) is 4.11. The SMILES string of the molecule is COC(=O)c1cc(NC(=O)CSc2nnc(-c3cccc(OC)c3)o2)cc(C(=O)OC)c1. The van der Waals surface area contributed by atoms with Crippen molar-refractivity contribution in [3.63, 3.8) is 0 Å². The summed E-state index contributed by atoms with van der Waals surface area (Å²) in [6, 6.07) is 11.3. The molecule has 3 aromatic rings. The number of carbonyl (C=O) groups is 3. The van der Waals surface area contributed by atoms with Crippen LogP contribution in [0.3, 0.4) is 0 Å². The van der Waals surface area contributed by atoms with E-state index < -0.39 is 17.8 Å². The van der Waals surface area contributed by atoms with Gasteiger partial charge in [0.2, 0.25) is 11.8 Å². The number of aromatic nitrogens is 2. The molecule has 1 N–H and O–H groups in total. The summed E-state index contributed by atoms with van der Waals surface area (Å²) >= 11 is 1.04. The minimum absolute atomic E-state index is 0.0459. The van der Waals surface area contributed by atoms with Crippen LogP contribution < -0.4 is 10.1 Å². The molecule has 0 unspecified atom stereocenters. The van der Waals surface area contributed by atoms with Gasteiger partial charge >= 0.3 is 11.9 Å². The number of anilines is 1. The fourth-order valence-electron chi connectivity index (χ4n) is 2.64. The number of thioether (sulfide) groups is 1. The van der Waals surface area contributed by atoms with Crippen molar-refractivity contribution >= 4 is 35.3 Å². The number of amides is 1. The van der Waals surface area contributed by atoms with E-state index in [0.717, 1.165) is 11.8 Å². The Kier molecular flexibility index (Phi) is 7.45. The predicted octanol–water partition coefficient (Wildman–Crippen LogP) is 3.05. The van der Waals surface area contributed by atoms with Gasteiger partial charge in [0, 0.05) is 11.3 Å². The molecule has 10 nitrogen and oxygen atoms in total. The zero-order valence-corrected chi connectivity index (χ0v) is 18.2. The van der Waals surface area contributed by atoms with E-state index in [1.54, 1.807) is 31.4 Å². The van der Waals surface area contributed by atoms with E-state index in [-0.39, 0.29) is 27.8 Å². The third kappa shape index (κ3) is 5.64. The number of hydrogen-bond donors (Lipinski definition) is 1. The lowest BCUT2D eigenvalue weighted by molar-refractivity contribution is -0.113. The maximum absolute atomic E-state index is 12.4. The first kappa shape index (κ1) is 22.8. The van der Waals surface area contributed by atoms with Gasteiger partial charge in [-0.2, -0.15) is 0 Å². The maximum Gasteiger partial charge on any atom is 0.337 e. The van der Waals surface area contributed by atoms with E-state index in [1.807, 2.05) is 0 Å². The molecule has 3 rings (SSSR count). The smallest absolute Gasteiger partial charge is 0.337 e. The summed E-state index contributed by atoms with van der Waals surface area (Å²) in [5.74, 6) is -0.826. The van der Waals surface area contributed by atoms with Gasteiger partial charge in [0.25, 0.3) is 5.22 Å². The molecule has 0 radical (unpaired) electrons. The second-order valence-corrected chi connectivity index (χ2v) is 7.15. The number of esters is 2. The largest absolute Gasteiger partial charge is 0.497 e. The molecule has 0 spiro atoms. The second kappa shape index (κ2) is 10.4. The van der Waals surface area contributed by atoms with Gasteiger partial charge in [-0.05, 0) is 36.4 Å². The molecule has 2 aromatic carbocycles. The number of ether oxygens (including phenoxy) is 3. The van der Waals surface area contributed by atoms with E-state index in [9.17, 15) is 14.4 Å². The minimum Gasteiger partial charge on any atom is -0.497 e. The van der Waals surface area contributed by atoms with E-state index in [1.165, 1.54) is 32.4 Å². The topological polar surface area (TPSA) is 130 Å². The number of nitrogens with zero attached hydrogens (tertiary/aromatic N) is 2. The van der Waals surface area contributed by atoms with Crippen molar-refractivity contribution < 1.29 is 33.0 Å². The molecule has 0 fully saturated rings.